The number of hydrogen-bond donors (Lipinski definition) is 1. The minimum absolute atomic E-state index is 0.232. The fraction of sp³-hybridized carbons (Fsp3) is 0.200. The van der Waals surface area contributed by atoms with E-state index in [2.05, 4.69) is 41.7 Å². The highest BCUT2D eigenvalue weighted by molar-refractivity contribution is 6.30. The highest BCUT2D eigenvalue weighted by atomic mass is 35.5. The summed E-state index contributed by atoms with van der Waals surface area (Å²) in [6.07, 6.45) is 17.1. The van der Waals surface area contributed by atoms with Gasteiger partial charge in [0.1, 0.15) is 5.82 Å². The maximum Gasteiger partial charge on any atom is 0.141 e. The van der Waals surface area contributed by atoms with Crippen molar-refractivity contribution in [1.82, 2.24) is 5.32 Å². The quantitative estimate of drug-likeness (QED) is 0.396. The lowest BCUT2D eigenvalue weighted by atomic mass is 9.74. The largest absolute Gasteiger partial charge is 0.368 e. The van der Waals surface area contributed by atoms with Gasteiger partial charge in [-0.3, -0.25) is 0 Å². The maximum absolute atomic E-state index is 13.5. The summed E-state index contributed by atoms with van der Waals surface area (Å²) in [7, 11) is 0. The van der Waals surface area contributed by atoms with Crippen LogP contribution in [0.4, 0.5) is 4.39 Å². The van der Waals surface area contributed by atoms with Crippen LogP contribution in [-0.4, -0.2) is 0 Å². The number of benzene rings is 3. The van der Waals surface area contributed by atoms with E-state index in [0.29, 0.717) is 5.92 Å². The molecule has 1 heterocycles. The second-order valence-corrected chi connectivity index (χ2v) is 9.18. The van der Waals surface area contributed by atoms with Crippen molar-refractivity contribution in [1.29, 1.82) is 0 Å². The molecule has 0 saturated heterocycles. The van der Waals surface area contributed by atoms with Gasteiger partial charge in [-0.1, -0.05) is 66.2 Å². The zero-order valence-corrected chi connectivity index (χ0v) is 19.3. The molecule has 3 aromatic carbocycles. The van der Waals surface area contributed by atoms with E-state index in [4.69, 9.17) is 11.6 Å². The van der Waals surface area contributed by atoms with E-state index in [0.717, 1.165) is 37.7 Å². The normalized spacial score (nSPS) is 17.6. The van der Waals surface area contributed by atoms with Crippen LogP contribution in [0.15, 0.2) is 91.3 Å². The number of allylic oxidation sites excluding steroid dienone is 4. The Kier molecular flexibility index (Phi) is 6.46. The van der Waals surface area contributed by atoms with Gasteiger partial charge < -0.3 is 5.32 Å². The molecule has 0 aromatic heterocycles. The van der Waals surface area contributed by atoms with Gasteiger partial charge in [-0.2, -0.15) is 0 Å². The van der Waals surface area contributed by atoms with Crippen molar-refractivity contribution in [3.63, 3.8) is 0 Å². The molecule has 3 heteroatoms. The van der Waals surface area contributed by atoms with Crippen LogP contribution in [0.25, 0.3) is 11.1 Å². The molecule has 33 heavy (non-hydrogen) atoms. The van der Waals surface area contributed by atoms with Crippen molar-refractivity contribution >= 4 is 11.6 Å². The average Bonchev–Trinajstić information content (AvgIpc) is 3.19. The molecule has 166 valence electrons. The van der Waals surface area contributed by atoms with E-state index in [-0.39, 0.29) is 10.8 Å². The summed E-state index contributed by atoms with van der Waals surface area (Å²) < 4.78 is 13.5. The second-order valence-electron chi connectivity index (χ2n) is 8.77. The molecule has 1 nitrogen and oxygen atoms in total. The van der Waals surface area contributed by atoms with E-state index < -0.39 is 0 Å². The zero-order valence-electron chi connectivity index (χ0n) is 18.5. The van der Waals surface area contributed by atoms with E-state index in [1.165, 1.54) is 28.3 Å². The van der Waals surface area contributed by atoms with E-state index in [1.807, 2.05) is 42.8 Å². The highest BCUT2D eigenvalue weighted by Gasteiger charge is 2.26. The number of aryl methyl sites for hydroxylation is 1. The van der Waals surface area contributed by atoms with E-state index >= 15 is 0 Å². The number of nitrogens with one attached hydrogen (secondary N) is 1. The summed E-state index contributed by atoms with van der Waals surface area (Å²) >= 11 is 6.00. The minimum atomic E-state index is -0.334. The molecule has 0 amide bonds. The Morgan fingerprint density at radius 1 is 0.758 bits per heavy atom. The Morgan fingerprint density at radius 3 is 2.39 bits per heavy atom. The number of hydrogen-bond acceptors (Lipinski definition) is 1. The molecule has 0 bridgehead atoms. The summed E-state index contributed by atoms with van der Waals surface area (Å²) in [6, 6.07) is 18.6. The lowest BCUT2D eigenvalue weighted by molar-refractivity contribution is 0.576. The molecular weight excluding hydrogens is 429 g/mol. The Morgan fingerprint density at radius 2 is 1.58 bits per heavy atom. The van der Waals surface area contributed by atoms with Crippen LogP contribution in [0.2, 0.25) is 5.02 Å². The molecule has 1 N–H and O–H groups in total. The number of halogens is 2. The fourth-order valence-corrected chi connectivity index (χ4v) is 5.37. The molecule has 0 radical (unpaired) electrons. The molecule has 0 saturated carbocycles. The second kappa shape index (κ2) is 9.80. The van der Waals surface area contributed by atoms with Gasteiger partial charge in [-0.25, -0.2) is 4.39 Å². The van der Waals surface area contributed by atoms with Crippen LogP contribution in [0.1, 0.15) is 40.2 Å². The van der Waals surface area contributed by atoms with E-state index in [1.54, 1.807) is 17.2 Å². The third-order valence-electron chi connectivity index (χ3n) is 6.82. The van der Waals surface area contributed by atoms with Crippen molar-refractivity contribution < 1.29 is 4.39 Å². The molecule has 1 unspecified atom stereocenters. The van der Waals surface area contributed by atoms with Crippen LogP contribution in [0.5, 0.6) is 0 Å². The Balaban J connectivity index is 0.000000281. The molecule has 0 spiro atoms. The van der Waals surface area contributed by atoms with Gasteiger partial charge in [0.15, 0.2) is 0 Å². The SMILES string of the molecule is C1=CC=CNC=C1.Fc1ccc(C2CCc3c(ccc4c3CCc3ccccc3-4)C2)cc1Cl. The number of rotatable bonds is 1. The summed E-state index contributed by atoms with van der Waals surface area (Å²) in [5, 5.41) is 3.16. The van der Waals surface area contributed by atoms with Gasteiger partial charge >= 0.3 is 0 Å². The van der Waals surface area contributed by atoms with Crippen molar-refractivity contribution in [2.24, 2.45) is 0 Å². The van der Waals surface area contributed by atoms with Crippen LogP contribution in [0, 0.1) is 5.82 Å². The Hall–Kier alpha value is -3.10. The first-order valence-electron chi connectivity index (χ1n) is 11.6. The summed E-state index contributed by atoms with van der Waals surface area (Å²) in [6.45, 7) is 0. The first kappa shape index (κ1) is 21.7. The standard InChI is InChI=1S/C24H20ClF.C6H7N/c25-23-14-17(8-12-24(23)26)16-6-9-20-18(13-16)7-11-21-19-4-2-1-3-15(19)5-10-22(20)21;1-2-4-6-7-5-3-1/h1-4,7-8,11-12,14,16H,5-6,9-10,13H2;1-7H. The first-order valence-corrected chi connectivity index (χ1v) is 12.0. The molecule has 2 aliphatic carbocycles. The summed E-state index contributed by atoms with van der Waals surface area (Å²) in [5.74, 6) is 0.0916. The third kappa shape index (κ3) is 4.67. The third-order valence-corrected chi connectivity index (χ3v) is 7.11. The molecule has 3 aromatic rings. The highest BCUT2D eigenvalue weighted by Crippen LogP contribution is 2.41. The smallest absolute Gasteiger partial charge is 0.141 e. The minimum Gasteiger partial charge on any atom is -0.368 e. The Labute approximate surface area is 200 Å². The zero-order chi connectivity index (χ0) is 22.6. The van der Waals surface area contributed by atoms with Crippen LogP contribution in [0.3, 0.4) is 0 Å². The van der Waals surface area contributed by atoms with Gasteiger partial charge in [0.25, 0.3) is 0 Å². The van der Waals surface area contributed by atoms with Crippen molar-refractivity contribution in [3.8, 4) is 11.1 Å². The van der Waals surface area contributed by atoms with Gasteiger partial charge in [0, 0.05) is 12.4 Å². The lowest BCUT2D eigenvalue weighted by Gasteiger charge is -2.30. The van der Waals surface area contributed by atoms with Gasteiger partial charge in [0.05, 0.1) is 5.02 Å². The van der Waals surface area contributed by atoms with Crippen LogP contribution < -0.4 is 5.32 Å². The molecule has 3 aliphatic rings. The van der Waals surface area contributed by atoms with Crippen LogP contribution in [-0.2, 0) is 25.7 Å². The molecule has 1 aliphatic heterocycles. The predicted molar refractivity (Wildman–Crippen MR) is 136 cm³/mol. The maximum atomic E-state index is 13.5. The van der Waals surface area contributed by atoms with Crippen LogP contribution >= 0.6 is 11.6 Å². The summed E-state index contributed by atoms with van der Waals surface area (Å²) in [4.78, 5) is 0. The summed E-state index contributed by atoms with van der Waals surface area (Å²) in [5.41, 5.74) is 10.0. The van der Waals surface area contributed by atoms with Crippen molar-refractivity contribution in [3.05, 3.63) is 130 Å². The lowest BCUT2D eigenvalue weighted by Crippen LogP contribution is -2.17. The van der Waals surface area contributed by atoms with Gasteiger partial charge in [-0.05, 0) is 101 Å². The van der Waals surface area contributed by atoms with E-state index in [9.17, 15) is 4.39 Å². The predicted octanol–water partition coefficient (Wildman–Crippen LogP) is 7.69. The monoisotopic (exact) mass is 455 g/mol. The van der Waals surface area contributed by atoms with Gasteiger partial charge in [-0.15, -0.1) is 0 Å². The molecule has 0 fully saturated rings. The molecule has 6 rings (SSSR count). The van der Waals surface area contributed by atoms with Crippen molar-refractivity contribution in [2.45, 2.75) is 38.0 Å². The topological polar surface area (TPSA) is 12.0 Å². The van der Waals surface area contributed by atoms with Gasteiger partial charge in [0.2, 0.25) is 0 Å². The first-order chi connectivity index (χ1) is 16.2. The Bertz CT molecular complexity index is 1240. The molecule has 1 atom stereocenters. The average molecular weight is 456 g/mol. The molecular formula is C30H27ClFN. The number of fused-ring (bicyclic) bond motifs is 5. The fourth-order valence-electron chi connectivity index (χ4n) is 5.19. The van der Waals surface area contributed by atoms with Crippen molar-refractivity contribution in [2.75, 3.05) is 0 Å².